The number of halogens is 1. The molecule has 0 bridgehead atoms. The molecule has 0 aromatic heterocycles. The number of nitrogens with one attached hydrogen (secondary N) is 2. The highest BCUT2D eigenvalue weighted by atomic mass is 35.5. The van der Waals surface area contributed by atoms with Gasteiger partial charge >= 0.3 is 0 Å². The lowest BCUT2D eigenvalue weighted by Gasteiger charge is -2.20. The van der Waals surface area contributed by atoms with Gasteiger partial charge in [-0.15, -0.1) is 0 Å². The summed E-state index contributed by atoms with van der Waals surface area (Å²) in [5, 5.41) is 7.17. The van der Waals surface area contributed by atoms with E-state index < -0.39 is 11.9 Å². The van der Waals surface area contributed by atoms with Crippen molar-refractivity contribution in [3.05, 3.63) is 64.7 Å². The van der Waals surface area contributed by atoms with Crippen LogP contribution in [-0.2, 0) is 4.79 Å². The van der Waals surface area contributed by atoms with Gasteiger partial charge in [-0.05, 0) is 48.7 Å². The lowest BCUT2D eigenvalue weighted by atomic mass is 10.0. The quantitative estimate of drug-likeness (QED) is 0.523. The van der Waals surface area contributed by atoms with Gasteiger partial charge in [-0.3, -0.25) is 9.59 Å². The highest BCUT2D eigenvalue weighted by Crippen LogP contribution is 2.13. The van der Waals surface area contributed by atoms with Crippen LogP contribution >= 0.6 is 11.6 Å². The molecule has 2 aromatic rings. The van der Waals surface area contributed by atoms with E-state index in [1.54, 1.807) is 24.3 Å². The Morgan fingerprint density at radius 2 is 1.93 bits per heavy atom. The van der Waals surface area contributed by atoms with Crippen LogP contribution in [0.5, 0.6) is 5.75 Å². The van der Waals surface area contributed by atoms with E-state index in [1.807, 2.05) is 45.0 Å². The molecule has 0 fully saturated rings. The lowest BCUT2D eigenvalue weighted by Crippen LogP contribution is -2.48. The number of hydrogen-bond donors (Lipinski definition) is 2. The second kappa shape index (κ2) is 10.5. The topological polar surface area (TPSA) is 79.8 Å². The van der Waals surface area contributed by atoms with Gasteiger partial charge < -0.3 is 10.1 Å². The average molecular weight is 402 g/mol. The molecule has 0 radical (unpaired) electrons. The third-order valence-electron chi connectivity index (χ3n) is 3.88. The van der Waals surface area contributed by atoms with Crippen LogP contribution in [0.25, 0.3) is 0 Å². The molecule has 0 saturated heterocycles. The second-order valence-corrected chi connectivity index (χ2v) is 6.88. The van der Waals surface area contributed by atoms with Crippen LogP contribution in [0.2, 0.25) is 5.02 Å². The minimum absolute atomic E-state index is 0.125. The molecule has 1 atom stereocenters. The van der Waals surface area contributed by atoms with Crippen molar-refractivity contribution >= 4 is 29.6 Å². The van der Waals surface area contributed by atoms with E-state index in [9.17, 15) is 9.59 Å². The monoisotopic (exact) mass is 401 g/mol. The van der Waals surface area contributed by atoms with Crippen LogP contribution in [0.4, 0.5) is 0 Å². The van der Waals surface area contributed by atoms with Crippen molar-refractivity contribution in [1.29, 1.82) is 0 Å². The first-order valence-corrected chi connectivity index (χ1v) is 9.40. The molecule has 2 aromatic carbocycles. The molecule has 1 unspecified atom stereocenters. The first kappa shape index (κ1) is 21.4. The first-order valence-electron chi connectivity index (χ1n) is 9.03. The summed E-state index contributed by atoms with van der Waals surface area (Å²) in [5.74, 6) is -0.168. The zero-order valence-electron chi connectivity index (χ0n) is 16.1. The van der Waals surface area contributed by atoms with Gasteiger partial charge in [-0.25, -0.2) is 5.43 Å². The molecule has 0 aliphatic carbocycles. The van der Waals surface area contributed by atoms with E-state index in [0.29, 0.717) is 17.2 Å². The third-order valence-corrected chi connectivity index (χ3v) is 4.12. The zero-order chi connectivity index (χ0) is 20.5. The third kappa shape index (κ3) is 6.39. The number of rotatable bonds is 8. The number of hydrazone groups is 1. The van der Waals surface area contributed by atoms with E-state index >= 15 is 0 Å². The van der Waals surface area contributed by atoms with Gasteiger partial charge in [0.25, 0.3) is 11.8 Å². The molecule has 0 heterocycles. The maximum Gasteiger partial charge on any atom is 0.262 e. The van der Waals surface area contributed by atoms with E-state index in [2.05, 4.69) is 15.8 Å². The predicted octanol–water partition coefficient (Wildman–Crippen LogP) is 3.64. The Morgan fingerprint density at radius 1 is 1.18 bits per heavy atom. The fraction of sp³-hybridized carbons (Fsp3) is 0.286. The minimum Gasteiger partial charge on any atom is -0.494 e. The largest absolute Gasteiger partial charge is 0.494 e. The summed E-state index contributed by atoms with van der Waals surface area (Å²) in [4.78, 5) is 24.9. The van der Waals surface area contributed by atoms with Crippen molar-refractivity contribution in [3.63, 3.8) is 0 Å². The summed E-state index contributed by atoms with van der Waals surface area (Å²) in [6, 6.07) is 13.2. The van der Waals surface area contributed by atoms with Gasteiger partial charge in [-0.1, -0.05) is 43.6 Å². The Bertz CT molecular complexity index is 852. The Labute approximate surface area is 169 Å². The number of carbonyl (C=O) groups is 2. The molecule has 6 nitrogen and oxygen atoms in total. The maximum absolute atomic E-state index is 12.5. The normalized spacial score (nSPS) is 12.0. The Morgan fingerprint density at radius 3 is 2.61 bits per heavy atom. The highest BCUT2D eigenvalue weighted by molar-refractivity contribution is 6.31. The molecule has 0 spiro atoms. The number of carbonyl (C=O) groups excluding carboxylic acids is 2. The highest BCUT2D eigenvalue weighted by Gasteiger charge is 2.24. The van der Waals surface area contributed by atoms with E-state index in [0.717, 1.165) is 11.3 Å². The van der Waals surface area contributed by atoms with Crippen molar-refractivity contribution in [2.24, 2.45) is 11.0 Å². The molecule has 0 saturated carbocycles. The predicted molar refractivity (Wildman–Crippen MR) is 111 cm³/mol. The van der Waals surface area contributed by atoms with Crippen molar-refractivity contribution < 1.29 is 14.3 Å². The summed E-state index contributed by atoms with van der Waals surface area (Å²) >= 11 is 5.92. The van der Waals surface area contributed by atoms with Crippen LogP contribution in [0, 0.1) is 5.92 Å². The second-order valence-electron chi connectivity index (χ2n) is 6.45. The average Bonchev–Trinajstić information content (AvgIpc) is 2.66. The van der Waals surface area contributed by atoms with Gasteiger partial charge in [-0.2, -0.15) is 5.10 Å². The Balaban J connectivity index is 2.00. The van der Waals surface area contributed by atoms with Gasteiger partial charge in [0.2, 0.25) is 0 Å². The smallest absolute Gasteiger partial charge is 0.262 e. The Kier molecular flexibility index (Phi) is 8.02. The minimum atomic E-state index is -0.738. The van der Waals surface area contributed by atoms with Crippen molar-refractivity contribution in [1.82, 2.24) is 10.7 Å². The molecular formula is C21H24ClN3O3. The first-order chi connectivity index (χ1) is 13.4. The fourth-order valence-corrected chi connectivity index (χ4v) is 2.67. The molecule has 2 N–H and O–H groups in total. The number of benzene rings is 2. The molecule has 0 aliphatic heterocycles. The number of ether oxygens (including phenoxy) is 1. The molecular weight excluding hydrogens is 378 g/mol. The zero-order valence-corrected chi connectivity index (χ0v) is 16.9. The van der Waals surface area contributed by atoms with E-state index in [4.69, 9.17) is 16.3 Å². The summed E-state index contributed by atoms with van der Waals surface area (Å²) in [6.45, 7) is 6.17. The fourth-order valence-electron chi connectivity index (χ4n) is 2.48. The number of hydrogen-bond acceptors (Lipinski definition) is 4. The SMILES string of the molecule is CCOc1cccc(/C=N/NC(=O)C(NC(=O)c2cccc(Cl)c2)C(C)C)c1. The van der Waals surface area contributed by atoms with E-state index in [-0.39, 0.29) is 11.8 Å². The number of amides is 2. The van der Waals surface area contributed by atoms with E-state index in [1.165, 1.54) is 6.21 Å². The maximum atomic E-state index is 12.5. The number of nitrogens with zero attached hydrogens (tertiary/aromatic N) is 1. The van der Waals surface area contributed by atoms with Crippen LogP contribution in [0.1, 0.15) is 36.7 Å². The summed E-state index contributed by atoms with van der Waals surface area (Å²) in [5.41, 5.74) is 3.66. The Hall–Kier alpha value is -2.86. The van der Waals surface area contributed by atoms with Gasteiger partial charge in [0.15, 0.2) is 0 Å². The summed E-state index contributed by atoms with van der Waals surface area (Å²) < 4.78 is 5.43. The van der Waals surface area contributed by atoms with Crippen LogP contribution < -0.4 is 15.5 Å². The van der Waals surface area contributed by atoms with Crippen molar-refractivity contribution in [2.45, 2.75) is 26.8 Å². The molecule has 148 valence electrons. The molecule has 2 rings (SSSR count). The van der Waals surface area contributed by atoms with Gasteiger partial charge in [0.05, 0.1) is 12.8 Å². The summed E-state index contributed by atoms with van der Waals surface area (Å²) in [7, 11) is 0. The van der Waals surface area contributed by atoms with Gasteiger partial charge in [0, 0.05) is 10.6 Å². The summed E-state index contributed by atoms with van der Waals surface area (Å²) in [6.07, 6.45) is 1.52. The molecule has 0 aliphatic rings. The van der Waals surface area contributed by atoms with Crippen molar-refractivity contribution in [3.8, 4) is 5.75 Å². The van der Waals surface area contributed by atoms with Crippen LogP contribution in [0.3, 0.4) is 0 Å². The van der Waals surface area contributed by atoms with Crippen LogP contribution in [-0.4, -0.2) is 30.7 Å². The molecule has 7 heteroatoms. The lowest BCUT2D eigenvalue weighted by molar-refractivity contribution is -0.123. The standard InChI is InChI=1S/C21H24ClN3O3/c1-4-28-18-10-5-7-15(11-18)13-23-25-21(27)19(14(2)3)24-20(26)16-8-6-9-17(22)12-16/h5-14,19H,4H2,1-3H3,(H,24,26)(H,25,27)/b23-13+. The van der Waals surface area contributed by atoms with Crippen molar-refractivity contribution in [2.75, 3.05) is 6.61 Å². The molecule has 28 heavy (non-hydrogen) atoms. The van der Waals surface area contributed by atoms with Crippen LogP contribution in [0.15, 0.2) is 53.6 Å². The molecule has 2 amide bonds. The van der Waals surface area contributed by atoms with Gasteiger partial charge in [0.1, 0.15) is 11.8 Å².